The number of halogens is 1. The molecule has 194 valence electrons. The number of anilines is 4. The van der Waals surface area contributed by atoms with E-state index in [4.69, 9.17) is 21.1 Å². The Kier molecular flexibility index (Phi) is 5.79. The van der Waals surface area contributed by atoms with E-state index in [0.717, 1.165) is 5.56 Å². The Balaban J connectivity index is 1.77. The Labute approximate surface area is 226 Å². The summed E-state index contributed by atoms with van der Waals surface area (Å²) in [4.78, 5) is 1.27. The molecular formula is C29H25ClN2O5S. The average molecular weight is 549 g/mol. The molecule has 6 rings (SSSR count). The summed E-state index contributed by atoms with van der Waals surface area (Å²) in [5.41, 5.74) is 2.83. The number of ether oxygens (including phenoxy) is 2. The molecule has 38 heavy (non-hydrogen) atoms. The van der Waals surface area contributed by atoms with Crippen LogP contribution in [0.4, 0.5) is 22.7 Å². The normalized spacial score (nSPS) is 15.3. The quantitative estimate of drug-likeness (QED) is 0.253. The molecular weight excluding hydrogens is 524 g/mol. The maximum absolute atomic E-state index is 14.0. The molecule has 1 unspecified atom stereocenters. The maximum atomic E-state index is 14.0. The van der Waals surface area contributed by atoms with Gasteiger partial charge in [-0.2, -0.15) is 8.42 Å². The Hall–Kier alpha value is -3.72. The summed E-state index contributed by atoms with van der Waals surface area (Å²) >= 11 is 6.58. The molecule has 4 aromatic carbocycles. The summed E-state index contributed by atoms with van der Waals surface area (Å²) in [6.07, 6.45) is 0.580. The third-order valence-electron chi connectivity index (χ3n) is 7.09. The predicted molar refractivity (Wildman–Crippen MR) is 149 cm³/mol. The number of fused-ring (bicyclic) bond motifs is 4. The zero-order chi connectivity index (χ0) is 26.7. The smallest absolute Gasteiger partial charge is 0.309 e. The highest BCUT2D eigenvalue weighted by molar-refractivity contribution is 7.87. The van der Waals surface area contributed by atoms with E-state index in [-0.39, 0.29) is 6.42 Å². The molecule has 7 nitrogen and oxygen atoms in total. The van der Waals surface area contributed by atoms with Crippen LogP contribution in [0.2, 0.25) is 5.02 Å². The second-order valence-electron chi connectivity index (χ2n) is 9.09. The SMILES string of the molecule is CCc1cccc2c1N(C(CC)(N1c3ccccc3Oc3c(Cl)cccc31)S(=O)(=O)O)c1ccccc1O2. The second kappa shape index (κ2) is 8.94. The molecule has 0 radical (unpaired) electrons. The van der Waals surface area contributed by atoms with Crippen LogP contribution in [0.15, 0.2) is 84.9 Å². The lowest BCUT2D eigenvalue weighted by Gasteiger charge is -2.52. The van der Waals surface area contributed by atoms with Gasteiger partial charge in [0.2, 0.25) is 0 Å². The first-order chi connectivity index (χ1) is 18.3. The molecule has 0 aromatic heterocycles. The van der Waals surface area contributed by atoms with E-state index < -0.39 is 15.1 Å². The fraction of sp³-hybridized carbons (Fsp3) is 0.172. The molecule has 2 aliphatic rings. The number of benzene rings is 4. The van der Waals surface area contributed by atoms with E-state index in [2.05, 4.69) is 0 Å². The minimum absolute atomic E-state index is 0.0298. The Morgan fingerprint density at radius 2 is 1.34 bits per heavy atom. The van der Waals surface area contributed by atoms with Gasteiger partial charge in [0, 0.05) is 6.42 Å². The third kappa shape index (κ3) is 3.41. The topological polar surface area (TPSA) is 79.3 Å². The van der Waals surface area contributed by atoms with Gasteiger partial charge in [-0.1, -0.05) is 67.9 Å². The van der Waals surface area contributed by atoms with Gasteiger partial charge >= 0.3 is 10.1 Å². The Bertz CT molecular complexity index is 1680. The molecule has 1 N–H and O–H groups in total. The number of hydrogen-bond donors (Lipinski definition) is 1. The largest absolute Gasteiger partial charge is 0.453 e. The molecule has 2 aliphatic heterocycles. The van der Waals surface area contributed by atoms with Gasteiger partial charge in [0.05, 0.1) is 27.8 Å². The maximum Gasteiger partial charge on any atom is 0.309 e. The van der Waals surface area contributed by atoms with Crippen LogP contribution in [-0.2, 0) is 16.5 Å². The number of hydrogen-bond acceptors (Lipinski definition) is 6. The molecule has 0 saturated heterocycles. The van der Waals surface area contributed by atoms with Crippen molar-refractivity contribution in [2.75, 3.05) is 9.80 Å². The molecule has 1 atom stereocenters. The zero-order valence-electron chi connectivity index (χ0n) is 20.8. The van der Waals surface area contributed by atoms with Crippen LogP contribution in [0.5, 0.6) is 23.0 Å². The van der Waals surface area contributed by atoms with Crippen LogP contribution in [0.1, 0.15) is 25.8 Å². The second-order valence-corrected chi connectivity index (χ2v) is 11.1. The molecule has 0 aliphatic carbocycles. The number of aryl methyl sites for hydroxylation is 1. The Morgan fingerprint density at radius 1 is 0.763 bits per heavy atom. The van der Waals surface area contributed by atoms with Crippen LogP contribution in [-0.4, -0.2) is 18.0 Å². The zero-order valence-corrected chi connectivity index (χ0v) is 22.3. The highest BCUT2D eigenvalue weighted by atomic mass is 35.5. The van der Waals surface area contributed by atoms with Gasteiger partial charge in [-0.15, -0.1) is 0 Å². The number of nitrogens with zero attached hydrogens (tertiary/aromatic N) is 2. The first-order valence-electron chi connectivity index (χ1n) is 12.3. The van der Waals surface area contributed by atoms with Crippen LogP contribution in [0.3, 0.4) is 0 Å². The third-order valence-corrected chi connectivity index (χ3v) is 8.87. The molecule has 0 amide bonds. The van der Waals surface area contributed by atoms with E-state index in [1.54, 1.807) is 77.4 Å². The highest BCUT2D eigenvalue weighted by Gasteiger charge is 2.58. The van der Waals surface area contributed by atoms with Gasteiger partial charge in [-0.05, 0) is 54.4 Å². The van der Waals surface area contributed by atoms with Crippen molar-refractivity contribution < 1.29 is 22.4 Å². The van der Waals surface area contributed by atoms with E-state index in [1.807, 2.05) is 31.2 Å². The Morgan fingerprint density at radius 3 is 2.00 bits per heavy atom. The number of para-hydroxylation sites is 6. The van der Waals surface area contributed by atoms with Crippen molar-refractivity contribution in [1.82, 2.24) is 0 Å². The molecule has 0 bridgehead atoms. The van der Waals surface area contributed by atoms with Gasteiger partial charge < -0.3 is 9.47 Å². The van der Waals surface area contributed by atoms with Crippen LogP contribution in [0.25, 0.3) is 0 Å². The van der Waals surface area contributed by atoms with E-state index >= 15 is 0 Å². The molecule has 9 heteroatoms. The fourth-order valence-corrected chi connectivity index (χ4v) is 6.89. The first kappa shape index (κ1) is 24.6. The monoisotopic (exact) mass is 548 g/mol. The van der Waals surface area contributed by atoms with E-state index in [1.165, 1.54) is 0 Å². The summed E-state index contributed by atoms with van der Waals surface area (Å²) in [7, 11) is -4.89. The minimum Gasteiger partial charge on any atom is -0.453 e. The fourth-order valence-electron chi connectivity index (χ4n) is 5.47. The minimum atomic E-state index is -4.89. The van der Waals surface area contributed by atoms with Crippen molar-refractivity contribution in [3.05, 3.63) is 95.5 Å². The van der Waals surface area contributed by atoms with Crippen molar-refractivity contribution in [3.8, 4) is 23.0 Å². The van der Waals surface area contributed by atoms with Crippen molar-refractivity contribution in [3.63, 3.8) is 0 Å². The summed E-state index contributed by atoms with van der Waals surface area (Å²) in [6, 6.07) is 25.1. The standard InChI is InChI=1S/C29H25ClN2O5S/c1-3-19-11-9-18-26-27(19)32(22-14-6-7-16-24(22)36-26)29(4-2,38(33,34)35)31-21-13-5-8-17-25(21)37-28-20(30)12-10-15-23(28)31/h5-18H,3-4H2,1-2H3,(H,33,34,35). The van der Waals surface area contributed by atoms with Crippen molar-refractivity contribution in [2.45, 2.75) is 31.7 Å². The molecule has 2 heterocycles. The van der Waals surface area contributed by atoms with Gasteiger partial charge in [0.25, 0.3) is 4.99 Å². The summed E-state index contributed by atoms with van der Waals surface area (Å²) < 4.78 is 51.7. The van der Waals surface area contributed by atoms with Gasteiger partial charge in [-0.25, -0.2) is 0 Å². The summed E-state index contributed by atoms with van der Waals surface area (Å²) in [5, 5.41) is 0.319. The molecule has 4 aromatic rings. The predicted octanol–water partition coefficient (Wildman–Crippen LogP) is 8.04. The van der Waals surface area contributed by atoms with Crippen LogP contribution in [0, 0.1) is 0 Å². The van der Waals surface area contributed by atoms with E-state index in [0.29, 0.717) is 57.2 Å². The number of rotatable bonds is 5. The lowest BCUT2D eigenvalue weighted by atomic mass is 10.0. The van der Waals surface area contributed by atoms with Gasteiger partial charge in [0.15, 0.2) is 23.0 Å². The van der Waals surface area contributed by atoms with E-state index in [9.17, 15) is 13.0 Å². The molecule has 0 fully saturated rings. The summed E-state index contributed by atoms with van der Waals surface area (Å²) in [6.45, 7) is 3.73. The first-order valence-corrected chi connectivity index (χ1v) is 14.1. The molecule has 0 saturated carbocycles. The van der Waals surface area contributed by atoms with Gasteiger partial charge in [-0.3, -0.25) is 14.4 Å². The van der Waals surface area contributed by atoms with Crippen molar-refractivity contribution in [1.29, 1.82) is 0 Å². The molecule has 0 spiro atoms. The lowest BCUT2D eigenvalue weighted by Crippen LogP contribution is -2.63. The lowest BCUT2D eigenvalue weighted by molar-refractivity contribution is 0.394. The van der Waals surface area contributed by atoms with Crippen molar-refractivity contribution >= 4 is 44.5 Å². The average Bonchev–Trinajstić information content (AvgIpc) is 2.92. The highest BCUT2D eigenvalue weighted by Crippen LogP contribution is 2.59. The van der Waals surface area contributed by atoms with Crippen molar-refractivity contribution in [2.24, 2.45) is 0 Å². The summed E-state index contributed by atoms with van der Waals surface area (Å²) in [5.74, 6) is 1.69. The van der Waals surface area contributed by atoms with Crippen LogP contribution >= 0.6 is 11.6 Å². The van der Waals surface area contributed by atoms with Crippen LogP contribution < -0.4 is 19.3 Å². The van der Waals surface area contributed by atoms with Gasteiger partial charge in [0.1, 0.15) is 0 Å².